The molecule has 0 amide bonds. The van der Waals surface area contributed by atoms with Crippen LogP contribution in [0.5, 0.6) is 23.0 Å². The molecule has 4 aliphatic rings. The molecular weight excluding hydrogens is 681 g/mol. The second-order valence-electron chi connectivity index (χ2n) is 16.3. The third kappa shape index (κ3) is 5.50. The average Bonchev–Trinajstić information content (AvgIpc) is 3.96. The zero-order chi connectivity index (χ0) is 50.2. The number of para-hydroxylation sites is 2. The van der Waals surface area contributed by atoms with Gasteiger partial charge in [0.2, 0.25) is 0 Å². The molecule has 0 N–H and O–H groups in total. The van der Waals surface area contributed by atoms with E-state index in [0.717, 1.165) is 25.7 Å². The van der Waals surface area contributed by atoms with Crippen molar-refractivity contribution in [3.05, 3.63) is 154 Å². The van der Waals surface area contributed by atoms with E-state index in [1.54, 1.807) is 98.8 Å². The highest BCUT2D eigenvalue weighted by Gasteiger charge is 2.39. The van der Waals surface area contributed by atoms with Crippen molar-refractivity contribution < 1.29 is 28.7 Å². The van der Waals surface area contributed by atoms with Crippen LogP contribution in [0.25, 0.3) is 33.4 Å². The minimum atomic E-state index is -2.77. The van der Waals surface area contributed by atoms with Crippen molar-refractivity contribution in [2.24, 2.45) is 0 Å². The molecule has 0 saturated heterocycles. The van der Waals surface area contributed by atoms with Crippen LogP contribution >= 0.6 is 0 Å². The molecule has 2 atom stereocenters. The Balaban J connectivity index is 1.28. The first-order valence-electron chi connectivity index (χ1n) is 26.9. The number of aryl methyl sites for hydroxylation is 2. The van der Waals surface area contributed by atoms with Gasteiger partial charge in [-0.15, -0.1) is 0 Å². The van der Waals surface area contributed by atoms with E-state index >= 15 is 0 Å². The van der Waals surface area contributed by atoms with Gasteiger partial charge < -0.3 is 9.47 Å². The van der Waals surface area contributed by atoms with Gasteiger partial charge in [0, 0.05) is 63.4 Å². The van der Waals surface area contributed by atoms with Gasteiger partial charge in [-0.3, -0.25) is 0 Å². The summed E-state index contributed by atoms with van der Waals surface area (Å²) in [5, 5.41) is 0. The van der Waals surface area contributed by atoms with Crippen molar-refractivity contribution in [3.8, 4) is 56.4 Å². The number of rotatable bonds is 5. The SMILES string of the molecule is [2H]C([2H])([2H])c1ccc(-c2c(C3([2H])CCCC3)ccc3c2Oc2ccccc2C3(C)C([2H])([2H])[2H])cc1-c1cc(-c2c(C3([2H])CCCC3)ccc3c2Oc2ccccc2C3(C)C([2H])([2H])[2H])ccc1C([2H])([2H])[2H]. The van der Waals surface area contributed by atoms with Crippen molar-refractivity contribution >= 4 is 0 Å². The zero-order valence-corrected chi connectivity index (χ0v) is 31.9. The molecule has 0 bridgehead atoms. The van der Waals surface area contributed by atoms with Crippen molar-refractivity contribution in [1.29, 1.82) is 0 Å². The fraction of sp³-hybridized carbons (Fsp3) is 0.333. The molecule has 0 spiro atoms. The molecule has 0 radical (unpaired) electrons. The van der Waals surface area contributed by atoms with Crippen molar-refractivity contribution in [1.82, 2.24) is 0 Å². The van der Waals surface area contributed by atoms with Gasteiger partial charge in [0.1, 0.15) is 23.0 Å². The summed E-state index contributed by atoms with van der Waals surface area (Å²) in [6, 6.07) is 30.5. The predicted molar refractivity (Wildman–Crippen MR) is 232 cm³/mol. The lowest BCUT2D eigenvalue weighted by Gasteiger charge is -2.37. The zero-order valence-electron chi connectivity index (χ0n) is 45.9. The van der Waals surface area contributed by atoms with Gasteiger partial charge in [-0.2, -0.15) is 0 Å². The lowest BCUT2D eigenvalue weighted by molar-refractivity contribution is 0.418. The third-order valence-corrected chi connectivity index (χ3v) is 12.8. The molecule has 6 aromatic carbocycles. The molecule has 2 heterocycles. The minimum absolute atomic E-state index is 0.0701. The molecule has 2 unspecified atom stereocenters. The fourth-order valence-electron chi connectivity index (χ4n) is 9.76. The van der Waals surface area contributed by atoms with Gasteiger partial charge >= 0.3 is 0 Å². The van der Waals surface area contributed by atoms with Crippen LogP contribution in [0.1, 0.15) is 154 Å². The lowest BCUT2D eigenvalue weighted by Crippen LogP contribution is -2.25. The summed E-state index contributed by atoms with van der Waals surface area (Å²) in [6.45, 7) is -7.33. The number of hydrogen-bond donors (Lipinski definition) is 0. The fourth-order valence-corrected chi connectivity index (χ4v) is 9.76. The first kappa shape index (κ1) is 23.2. The molecule has 2 heteroatoms. The highest BCUT2D eigenvalue weighted by Crippen LogP contribution is 2.56. The van der Waals surface area contributed by atoms with Gasteiger partial charge in [0.25, 0.3) is 0 Å². The van der Waals surface area contributed by atoms with E-state index in [1.165, 1.54) is 12.1 Å². The number of benzene rings is 6. The minimum Gasteiger partial charge on any atom is -0.456 e. The molecule has 2 saturated carbocycles. The second kappa shape index (κ2) is 13.3. The van der Waals surface area contributed by atoms with E-state index in [9.17, 15) is 2.74 Å². The lowest BCUT2D eigenvalue weighted by atomic mass is 9.73. The predicted octanol–water partition coefficient (Wildman–Crippen LogP) is 15.5. The van der Waals surface area contributed by atoms with Crippen LogP contribution in [0.3, 0.4) is 0 Å². The summed E-state index contributed by atoms with van der Waals surface area (Å²) in [5.41, 5.74) is 1.28. The summed E-state index contributed by atoms with van der Waals surface area (Å²) >= 11 is 0. The topological polar surface area (TPSA) is 18.5 Å². The molecule has 6 aromatic rings. The third-order valence-electron chi connectivity index (χ3n) is 12.8. The molecule has 2 aliphatic carbocycles. The normalized spacial score (nSPS) is 27.2. The Bertz CT molecular complexity index is 2870. The highest BCUT2D eigenvalue weighted by atomic mass is 16.5. The van der Waals surface area contributed by atoms with Gasteiger partial charge in [-0.05, 0) is 120 Å². The first-order valence-corrected chi connectivity index (χ1v) is 19.9. The van der Waals surface area contributed by atoms with Gasteiger partial charge in [0.15, 0.2) is 0 Å². The Morgan fingerprint density at radius 2 is 0.946 bits per heavy atom. The smallest absolute Gasteiger partial charge is 0.139 e. The maximum atomic E-state index is 9.90. The Labute approximate surface area is 353 Å². The van der Waals surface area contributed by atoms with Crippen molar-refractivity contribution in [2.75, 3.05) is 0 Å². The summed E-state index contributed by atoms with van der Waals surface area (Å²) in [5.74, 6) is -1.07. The van der Waals surface area contributed by atoms with Gasteiger partial charge in [-0.1, -0.05) is 138 Å². The van der Waals surface area contributed by atoms with E-state index in [1.807, 2.05) is 12.1 Å². The second-order valence-corrected chi connectivity index (χ2v) is 16.3. The molecule has 0 aromatic heterocycles. The van der Waals surface area contributed by atoms with E-state index in [4.69, 9.17) is 25.9 Å². The molecule has 10 rings (SSSR count). The van der Waals surface area contributed by atoms with Crippen molar-refractivity contribution in [2.45, 2.75) is 115 Å². The van der Waals surface area contributed by atoms with Crippen LogP contribution in [-0.2, 0) is 10.8 Å². The average molecular weight is 749 g/mol. The number of ether oxygens (including phenoxy) is 2. The summed E-state index contributed by atoms with van der Waals surface area (Å²) in [6.07, 6.45) is 5.25. The van der Waals surface area contributed by atoms with Crippen LogP contribution in [0.4, 0.5) is 0 Å². The van der Waals surface area contributed by atoms with Crippen LogP contribution in [-0.4, -0.2) is 0 Å². The Morgan fingerprint density at radius 1 is 0.518 bits per heavy atom. The van der Waals surface area contributed by atoms with Crippen LogP contribution in [0, 0.1) is 13.7 Å². The quantitative estimate of drug-likeness (QED) is 0.175. The van der Waals surface area contributed by atoms with E-state index in [2.05, 4.69) is 0 Å². The van der Waals surface area contributed by atoms with Gasteiger partial charge in [-0.25, -0.2) is 0 Å². The summed E-state index contributed by atoms with van der Waals surface area (Å²) in [4.78, 5) is 0. The highest BCUT2D eigenvalue weighted by molar-refractivity contribution is 5.87. The van der Waals surface area contributed by atoms with E-state index < -0.39 is 50.0 Å². The Morgan fingerprint density at radius 3 is 1.36 bits per heavy atom. The van der Waals surface area contributed by atoms with E-state index in [0.29, 0.717) is 92.8 Å². The molecule has 2 aliphatic heterocycles. The molecule has 282 valence electrons. The molecule has 2 fully saturated rings. The van der Waals surface area contributed by atoms with Crippen LogP contribution in [0.15, 0.2) is 109 Å². The van der Waals surface area contributed by atoms with Crippen molar-refractivity contribution in [3.63, 3.8) is 0 Å². The maximum absolute atomic E-state index is 9.90. The first-order chi connectivity index (χ1) is 32.7. The van der Waals surface area contributed by atoms with Gasteiger partial charge in [0.05, 0.1) is 0 Å². The molecule has 56 heavy (non-hydrogen) atoms. The molecular formula is C54H54O2. The monoisotopic (exact) mass is 749 g/mol. The summed E-state index contributed by atoms with van der Waals surface area (Å²) in [7, 11) is 0. The van der Waals surface area contributed by atoms with Crippen LogP contribution in [0.2, 0.25) is 0 Å². The Hall–Kier alpha value is -5.08. The van der Waals surface area contributed by atoms with Crippen LogP contribution < -0.4 is 9.47 Å². The number of hydrogen-bond acceptors (Lipinski definition) is 2. The largest absolute Gasteiger partial charge is 0.456 e. The Kier molecular flexibility index (Phi) is 5.50. The summed E-state index contributed by atoms with van der Waals surface area (Å²) < 4.78 is 140. The number of fused-ring (bicyclic) bond motifs is 4. The molecule has 2 nitrogen and oxygen atoms in total. The van der Waals surface area contributed by atoms with E-state index in [-0.39, 0.29) is 33.8 Å². The maximum Gasteiger partial charge on any atom is 0.139 e. The standard InChI is InChI=1S/C54H54O2/c1-33-23-25-37(49-39(35-15-7-8-16-35)27-29-45-51(49)55-47-21-13-11-19-43(47)53(45,3)4)31-41(33)42-32-38(26-24-34(42)2)50-40(36-17-9-10-18-36)28-30-46-52(50)56-48-22-14-12-20-44(48)54(46,5)6/h11-14,19-32,35-36H,7-10,15-18H2,1-6H3/i1D3,2D3,3D3,5D3,35D,36D.